The van der Waals surface area contributed by atoms with Gasteiger partial charge >= 0.3 is 0 Å². The topological polar surface area (TPSA) is 73.4 Å². The molecule has 130 valence electrons. The third kappa shape index (κ3) is 2.68. The molecule has 1 aromatic carbocycles. The Bertz CT molecular complexity index is 828. The molecule has 0 unspecified atom stereocenters. The van der Waals surface area contributed by atoms with E-state index in [2.05, 4.69) is 53.9 Å². The third-order valence-corrected chi connectivity index (χ3v) is 5.46. The molecule has 2 atom stereocenters. The van der Waals surface area contributed by atoms with E-state index in [1.54, 1.807) is 0 Å². The number of amidine groups is 1. The first-order chi connectivity index (χ1) is 12.0. The van der Waals surface area contributed by atoms with Crippen LogP contribution in [0.15, 0.2) is 35.6 Å². The summed E-state index contributed by atoms with van der Waals surface area (Å²) in [6.07, 6.45) is 6.69. The van der Waals surface area contributed by atoms with E-state index in [4.69, 9.17) is 10.5 Å². The van der Waals surface area contributed by atoms with Crippen molar-refractivity contribution in [1.82, 2.24) is 9.97 Å². The van der Waals surface area contributed by atoms with Gasteiger partial charge in [-0.15, -0.1) is 0 Å². The van der Waals surface area contributed by atoms with Crippen LogP contribution in [0.25, 0.3) is 11.1 Å². The van der Waals surface area contributed by atoms with E-state index < -0.39 is 0 Å². The zero-order chi connectivity index (χ0) is 17.6. The van der Waals surface area contributed by atoms with Gasteiger partial charge in [-0.1, -0.05) is 32.0 Å². The van der Waals surface area contributed by atoms with E-state index in [0.29, 0.717) is 11.9 Å². The Kier molecular flexibility index (Phi) is 3.74. The van der Waals surface area contributed by atoms with Crippen LogP contribution in [0.3, 0.4) is 0 Å². The van der Waals surface area contributed by atoms with E-state index in [0.717, 1.165) is 30.7 Å². The summed E-state index contributed by atoms with van der Waals surface area (Å²) in [6, 6.07) is 6.79. The van der Waals surface area contributed by atoms with Crippen LogP contribution in [-0.2, 0) is 17.6 Å². The van der Waals surface area contributed by atoms with Crippen LogP contribution in [-0.4, -0.2) is 27.6 Å². The molecule has 2 heterocycles. The average molecular weight is 336 g/mol. The predicted molar refractivity (Wildman–Crippen MR) is 98.5 cm³/mol. The molecule has 2 N–H and O–H groups in total. The van der Waals surface area contributed by atoms with Crippen LogP contribution >= 0.6 is 0 Å². The number of aromatic nitrogens is 2. The number of hydrogen-bond acceptors (Lipinski definition) is 5. The number of aliphatic imine (C=N–C) groups is 1. The Morgan fingerprint density at radius 3 is 2.64 bits per heavy atom. The minimum Gasteiger partial charge on any atom is -0.460 e. The lowest BCUT2D eigenvalue weighted by Gasteiger charge is -2.35. The van der Waals surface area contributed by atoms with Gasteiger partial charge in [-0.25, -0.2) is 15.0 Å². The Balaban J connectivity index is 1.70. The van der Waals surface area contributed by atoms with Crippen LogP contribution in [0, 0.1) is 0 Å². The summed E-state index contributed by atoms with van der Waals surface area (Å²) >= 11 is 0. The summed E-state index contributed by atoms with van der Waals surface area (Å²) in [7, 11) is 0. The monoisotopic (exact) mass is 336 g/mol. The lowest BCUT2D eigenvalue weighted by atomic mass is 9.74. The largest absolute Gasteiger partial charge is 0.460 e. The molecule has 1 aliphatic heterocycles. The number of fused-ring (bicyclic) bond motifs is 1. The zero-order valence-corrected chi connectivity index (χ0v) is 15.0. The van der Waals surface area contributed by atoms with E-state index in [1.807, 2.05) is 12.4 Å². The molecule has 0 saturated heterocycles. The Morgan fingerprint density at radius 2 is 2.00 bits per heavy atom. The number of rotatable bonds is 2. The van der Waals surface area contributed by atoms with Gasteiger partial charge < -0.3 is 10.5 Å². The number of benzene rings is 1. The lowest BCUT2D eigenvalue weighted by molar-refractivity contribution is 0.140. The SMILES string of the molecule is CC(C)c1ncc(-c2cccc3c2CC[C@@]2(C3)N=C(N)O[C@H]2C)cn1. The van der Waals surface area contributed by atoms with Crippen molar-refractivity contribution in [3.8, 4) is 11.1 Å². The highest BCUT2D eigenvalue weighted by molar-refractivity contribution is 5.75. The standard InChI is InChI=1S/C20H24N4O/c1-12(2)18-22-10-15(11-23-18)16-6-4-5-14-9-20(8-7-17(14)16)13(3)25-19(21)24-20/h4-6,10-13H,7-9H2,1-3H3,(H2,21,24)/t13-,20-/m0/s1. The lowest BCUT2D eigenvalue weighted by Crippen LogP contribution is -2.41. The smallest absolute Gasteiger partial charge is 0.282 e. The molecule has 1 spiro atoms. The molecule has 0 saturated carbocycles. The summed E-state index contributed by atoms with van der Waals surface area (Å²) in [5.74, 6) is 1.22. The second kappa shape index (κ2) is 5.83. The molecule has 2 aromatic rings. The van der Waals surface area contributed by atoms with Crippen molar-refractivity contribution in [3.63, 3.8) is 0 Å². The second-order valence-corrected chi connectivity index (χ2v) is 7.42. The Hall–Kier alpha value is -2.43. The van der Waals surface area contributed by atoms with Crippen molar-refractivity contribution in [2.45, 2.75) is 57.6 Å². The maximum atomic E-state index is 5.82. The minimum atomic E-state index is -0.215. The second-order valence-electron chi connectivity index (χ2n) is 7.42. The van der Waals surface area contributed by atoms with Crippen molar-refractivity contribution < 1.29 is 4.74 Å². The molecule has 0 fully saturated rings. The van der Waals surface area contributed by atoms with Crippen LogP contribution in [0.2, 0.25) is 0 Å². The van der Waals surface area contributed by atoms with Gasteiger partial charge in [0, 0.05) is 30.3 Å². The third-order valence-electron chi connectivity index (χ3n) is 5.46. The van der Waals surface area contributed by atoms with Gasteiger partial charge in [-0.2, -0.15) is 0 Å². The Morgan fingerprint density at radius 1 is 1.24 bits per heavy atom. The molecule has 5 heteroatoms. The number of ether oxygens (including phenoxy) is 1. The Labute approximate surface area is 148 Å². The summed E-state index contributed by atoms with van der Waals surface area (Å²) in [5, 5.41) is 0. The van der Waals surface area contributed by atoms with Gasteiger partial charge in [-0.3, -0.25) is 0 Å². The highest BCUT2D eigenvalue weighted by Crippen LogP contribution is 2.41. The zero-order valence-electron chi connectivity index (χ0n) is 15.0. The van der Waals surface area contributed by atoms with E-state index in [9.17, 15) is 0 Å². The maximum Gasteiger partial charge on any atom is 0.282 e. The summed E-state index contributed by atoms with van der Waals surface area (Å²) in [6.45, 7) is 6.28. The van der Waals surface area contributed by atoms with Gasteiger partial charge in [0.15, 0.2) is 0 Å². The van der Waals surface area contributed by atoms with Crippen LogP contribution in [0.5, 0.6) is 0 Å². The van der Waals surface area contributed by atoms with Gasteiger partial charge in [0.25, 0.3) is 6.02 Å². The molecular formula is C20H24N4O. The molecule has 1 aromatic heterocycles. The molecule has 0 bridgehead atoms. The fourth-order valence-electron chi connectivity index (χ4n) is 3.97. The predicted octanol–water partition coefficient (Wildman–Crippen LogP) is 3.23. The van der Waals surface area contributed by atoms with Crippen LogP contribution in [0.4, 0.5) is 0 Å². The molecule has 0 amide bonds. The van der Waals surface area contributed by atoms with Gasteiger partial charge in [0.2, 0.25) is 0 Å². The quantitative estimate of drug-likeness (QED) is 0.914. The molecule has 4 rings (SSSR count). The van der Waals surface area contributed by atoms with E-state index in [-0.39, 0.29) is 11.6 Å². The van der Waals surface area contributed by atoms with Gasteiger partial charge in [-0.05, 0) is 36.5 Å². The van der Waals surface area contributed by atoms with Crippen LogP contribution in [0.1, 0.15) is 50.1 Å². The minimum absolute atomic E-state index is 0.0259. The summed E-state index contributed by atoms with van der Waals surface area (Å²) in [5.41, 5.74) is 10.6. The van der Waals surface area contributed by atoms with E-state index in [1.165, 1.54) is 16.7 Å². The molecule has 1 aliphatic carbocycles. The number of nitrogens with two attached hydrogens (primary N) is 1. The van der Waals surface area contributed by atoms with Gasteiger partial charge in [0.1, 0.15) is 17.5 Å². The van der Waals surface area contributed by atoms with E-state index >= 15 is 0 Å². The van der Waals surface area contributed by atoms with Crippen LogP contribution < -0.4 is 5.73 Å². The first-order valence-electron chi connectivity index (χ1n) is 8.93. The number of nitrogens with zero attached hydrogens (tertiary/aromatic N) is 3. The normalized spacial score (nSPS) is 25.0. The molecule has 5 nitrogen and oxygen atoms in total. The number of hydrogen-bond donors (Lipinski definition) is 1. The summed E-state index contributed by atoms with van der Waals surface area (Å²) in [4.78, 5) is 13.7. The van der Waals surface area contributed by atoms with Crippen molar-refractivity contribution in [2.24, 2.45) is 10.7 Å². The van der Waals surface area contributed by atoms with Crippen molar-refractivity contribution >= 4 is 6.02 Å². The fraction of sp³-hybridized carbons (Fsp3) is 0.450. The first-order valence-corrected chi connectivity index (χ1v) is 8.93. The highest BCUT2D eigenvalue weighted by atomic mass is 16.5. The highest BCUT2D eigenvalue weighted by Gasteiger charge is 2.45. The molecule has 2 aliphatic rings. The molecule has 0 radical (unpaired) electrons. The molecule has 25 heavy (non-hydrogen) atoms. The average Bonchev–Trinajstić information content (AvgIpc) is 2.87. The van der Waals surface area contributed by atoms with Crippen molar-refractivity contribution in [1.29, 1.82) is 0 Å². The first kappa shape index (κ1) is 16.1. The molecular weight excluding hydrogens is 312 g/mol. The fourth-order valence-corrected chi connectivity index (χ4v) is 3.97. The van der Waals surface area contributed by atoms with Crippen molar-refractivity contribution in [2.75, 3.05) is 0 Å². The summed E-state index contributed by atoms with van der Waals surface area (Å²) < 4.78 is 5.63. The maximum absolute atomic E-state index is 5.82. The van der Waals surface area contributed by atoms with Crippen molar-refractivity contribution in [3.05, 3.63) is 47.5 Å². The van der Waals surface area contributed by atoms with Gasteiger partial charge in [0.05, 0.1) is 0 Å².